The van der Waals surface area contributed by atoms with Crippen LogP contribution in [0.15, 0.2) is 54.6 Å². The lowest BCUT2D eigenvalue weighted by Crippen LogP contribution is -2.42. The van der Waals surface area contributed by atoms with Gasteiger partial charge >= 0.3 is 6.03 Å². The Morgan fingerprint density at radius 3 is 2.72 bits per heavy atom. The van der Waals surface area contributed by atoms with Crippen LogP contribution in [0.4, 0.5) is 4.79 Å². The van der Waals surface area contributed by atoms with E-state index in [-0.39, 0.29) is 18.7 Å². The monoisotopic (exact) mass is 340 g/mol. The minimum absolute atomic E-state index is 0.0306. The summed E-state index contributed by atoms with van der Waals surface area (Å²) in [7, 11) is 0. The first-order chi connectivity index (χ1) is 12.3. The molecular weight excluding hydrogens is 316 g/mol. The zero-order chi connectivity index (χ0) is 17.5. The van der Waals surface area contributed by atoms with Crippen LogP contribution < -0.4 is 5.48 Å². The van der Waals surface area contributed by atoms with Gasteiger partial charge < -0.3 is 10.0 Å². The second-order valence-electron chi connectivity index (χ2n) is 6.21. The van der Waals surface area contributed by atoms with E-state index in [1.807, 2.05) is 42.5 Å². The molecule has 0 saturated carbocycles. The summed E-state index contributed by atoms with van der Waals surface area (Å²) in [6.07, 6.45) is 2.41. The Kier molecular flexibility index (Phi) is 6.04. The zero-order valence-corrected chi connectivity index (χ0v) is 14.2. The number of aliphatic hydroxyl groups is 1. The second-order valence-corrected chi connectivity index (χ2v) is 6.21. The highest BCUT2D eigenvalue weighted by atomic mass is 16.7. The first-order valence-corrected chi connectivity index (χ1v) is 8.70. The Hall–Kier alpha value is -2.37. The molecule has 0 bridgehead atoms. The van der Waals surface area contributed by atoms with E-state index in [1.165, 1.54) is 11.1 Å². The summed E-state index contributed by atoms with van der Waals surface area (Å²) in [6, 6.07) is 17.7. The van der Waals surface area contributed by atoms with E-state index < -0.39 is 0 Å². The smallest absolute Gasteiger partial charge is 0.341 e. The average molecular weight is 340 g/mol. The van der Waals surface area contributed by atoms with Crippen molar-refractivity contribution in [3.8, 4) is 0 Å². The molecule has 2 aromatic carbocycles. The highest BCUT2D eigenvalue weighted by molar-refractivity contribution is 5.74. The van der Waals surface area contributed by atoms with Gasteiger partial charge in [-0.1, -0.05) is 54.6 Å². The Morgan fingerprint density at radius 2 is 1.92 bits per heavy atom. The molecule has 0 radical (unpaired) electrons. The first-order valence-electron chi connectivity index (χ1n) is 8.70. The normalized spacial score (nSPS) is 15.6. The van der Waals surface area contributed by atoms with E-state index in [9.17, 15) is 9.90 Å². The molecule has 0 spiro atoms. The van der Waals surface area contributed by atoms with Gasteiger partial charge in [0.05, 0.1) is 12.6 Å². The lowest BCUT2D eigenvalue weighted by atomic mass is 10.1. The molecule has 1 atom stereocenters. The first kappa shape index (κ1) is 17.5. The Bertz CT molecular complexity index is 690. The third kappa shape index (κ3) is 4.38. The molecule has 1 aliphatic rings. The van der Waals surface area contributed by atoms with Gasteiger partial charge in [-0.15, -0.1) is 0 Å². The van der Waals surface area contributed by atoms with Crippen LogP contribution in [0.25, 0.3) is 0 Å². The highest BCUT2D eigenvalue weighted by Crippen LogP contribution is 2.35. The fourth-order valence-corrected chi connectivity index (χ4v) is 3.31. The number of aliphatic hydroxyl groups excluding tert-OH is 1. The number of nitrogens with zero attached hydrogens (tertiary/aromatic N) is 1. The van der Waals surface area contributed by atoms with E-state index in [1.54, 1.807) is 4.90 Å². The van der Waals surface area contributed by atoms with Gasteiger partial charge in [-0.25, -0.2) is 10.3 Å². The maximum Gasteiger partial charge on any atom is 0.341 e. The molecule has 25 heavy (non-hydrogen) atoms. The molecule has 0 aromatic heterocycles. The fraction of sp³-hybridized carbons (Fsp3) is 0.350. The van der Waals surface area contributed by atoms with Gasteiger partial charge in [-0.3, -0.25) is 4.84 Å². The number of amides is 2. The minimum Gasteiger partial charge on any atom is -0.396 e. The number of nitrogens with one attached hydrogen (secondary N) is 1. The molecule has 0 aliphatic heterocycles. The highest BCUT2D eigenvalue weighted by Gasteiger charge is 2.30. The molecule has 2 amide bonds. The molecule has 3 rings (SSSR count). The van der Waals surface area contributed by atoms with Crippen molar-refractivity contribution in [3.05, 3.63) is 71.3 Å². The standard InChI is InChI=1S/C20H24N2O3/c23-14-6-13-22(19-12-11-17-9-4-5-10-18(17)19)20(24)21-25-15-16-7-2-1-3-8-16/h1-5,7-10,19,23H,6,11-15H2,(H,21,24). The number of benzene rings is 2. The third-order valence-corrected chi connectivity index (χ3v) is 4.54. The van der Waals surface area contributed by atoms with E-state index >= 15 is 0 Å². The lowest BCUT2D eigenvalue weighted by molar-refractivity contribution is 0.0307. The molecule has 1 aliphatic carbocycles. The molecule has 2 aromatic rings. The van der Waals surface area contributed by atoms with Gasteiger partial charge in [-0.05, 0) is 36.0 Å². The van der Waals surface area contributed by atoms with E-state index in [2.05, 4.69) is 17.6 Å². The Morgan fingerprint density at radius 1 is 1.16 bits per heavy atom. The number of hydrogen-bond donors (Lipinski definition) is 2. The van der Waals surface area contributed by atoms with E-state index in [0.717, 1.165) is 18.4 Å². The van der Waals surface area contributed by atoms with E-state index in [4.69, 9.17) is 4.84 Å². The molecular formula is C20H24N2O3. The van der Waals surface area contributed by atoms with E-state index in [0.29, 0.717) is 19.6 Å². The summed E-state index contributed by atoms with van der Waals surface area (Å²) in [6.45, 7) is 0.876. The number of carbonyl (C=O) groups is 1. The number of carbonyl (C=O) groups excluding carboxylic acids is 1. The third-order valence-electron chi connectivity index (χ3n) is 4.54. The quantitative estimate of drug-likeness (QED) is 0.761. The molecule has 5 heteroatoms. The van der Waals surface area contributed by atoms with Gasteiger partial charge in [0, 0.05) is 13.2 Å². The number of hydroxylamine groups is 1. The summed E-state index contributed by atoms with van der Waals surface area (Å²) in [5.41, 5.74) is 6.03. The van der Waals surface area contributed by atoms with Gasteiger partial charge in [0.25, 0.3) is 0 Å². The van der Waals surface area contributed by atoms with Gasteiger partial charge in [-0.2, -0.15) is 0 Å². The summed E-state index contributed by atoms with van der Waals surface area (Å²) < 4.78 is 0. The number of hydrogen-bond acceptors (Lipinski definition) is 3. The van der Waals surface area contributed by atoms with Crippen molar-refractivity contribution in [1.29, 1.82) is 0 Å². The van der Waals surface area contributed by atoms with Crippen LogP contribution in [0.1, 0.15) is 35.6 Å². The average Bonchev–Trinajstić information content (AvgIpc) is 3.07. The number of rotatable bonds is 7. The maximum atomic E-state index is 12.6. The van der Waals surface area contributed by atoms with Crippen LogP contribution >= 0.6 is 0 Å². The van der Waals surface area contributed by atoms with Crippen molar-refractivity contribution in [2.24, 2.45) is 0 Å². The topological polar surface area (TPSA) is 61.8 Å². The Labute approximate surface area is 148 Å². The van der Waals surface area contributed by atoms with Crippen LogP contribution in [-0.4, -0.2) is 29.2 Å². The molecule has 1 unspecified atom stereocenters. The van der Waals surface area contributed by atoms with Gasteiger partial charge in [0.2, 0.25) is 0 Å². The van der Waals surface area contributed by atoms with Gasteiger partial charge in [0.15, 0.2) is 0 Å². The molecule has 5 nitrogen and oxygen atoms in total. The molecule has 0 heterocycles. The summed E-state index contributed by atoms with van der Waals surface area (Å²) >= 11 is 0. The summed E-state index contributed by atoms with van der Waals surface area (Å²) in [5.74, 6) is 0. The number of aryl methyl sites for hydroxylation is 1. The SMILES string of the molecule is O=C(NOCc1ccccc1)N(CCCO)C1CCc2ccccc21. The molecule has 2 N–H and O–H groups in total. The molecule has 132 valence electrons. The van der Waals surface area contributed by atoms with Crippen molar-refractivity contribution < 1.29 is 14.7 Å². The largest absolute Gasteiger partial charge is 0.396 e. The maximum absolute atomic E-state index is 12.6. The summed E-state index contributed by atoms with van der Waals surface area (Å²) in [5, 5.41) is 9.17. The van der Waals surface area contributed by atoms with Crippen LogP contribution in [-0.2, 0) is 17.9 Å². The van der Waals surface area contributed by atoms with Crippen molar-refractivity contribution in [2.45, 2.75) is 31.9 Å². The zero-order valence-electron chi connectivity index (χ0n) is 14.2. The number of urea groups is 1. The second kappa shape index (κ2) is 8.65. The van der Waals surface area contributed by atoms with Crippen LogP contribution in [0.2, 0.25) is 0 Å². The summed E-state index contributed by atoms with van der Waals surface area (Å²) in [4.78, 5) is 19.8. The van der Waals surface area contributed by atoms with Crippen LogP contribution in [0, 0.1) is 0 Å². The lowest BCUT2D eigenvalue weighted by Gasteiger charge is -2.29. The van der Waals surface area contributed by atoms with Gasteiger partial charge in [0.1, 0.15) is 0 Å². The van der Waals surface area contributed by atoms with Crippen molar-refractivity contribution in [2.75, 3.05) is 13.2 Å². The Balaban J connectivity index is 1.63. The van der Waals surface area contributed by atoms with Crippen molar-refractivity contribution >= 4 is 6.03 Å². The molecule has 0 saturated heterocycles. The van der Waals surface area contributed by atoms with Crippen LogP contribution in [0.3, 0.4) is 0 Å². The number of fused-ring (bicyclic) bond motifs is 1. The predicted octanol–water partition coefficient (Wildman–Crippen LogP) is 3.20. The minimum atomic E-state index is -0.258. The fourth-order valence-electron chi connectivity index (χ4n) is 3.31. The van der Waals surface area contributed by atoms with Crippen molar-refractivity contribution in [3.63, 3.8) is 0 Å². The predicted molar refractivity (Wildman–Crippen MR) is 95.7 cm³/mol. The van der Waals surface area contributed by atoms with Crippen molar-refractivity contribution in [1.82, 2.24) is 10.4 Å². The molecule has 0 fully saturated rings. The van der Waals surface area contributed by atoms with Crippen LogP contribution in [0.5, 0.6) is 0 Å².